The van der Waals surface area contributed by atoms with E-state index in [4.69, 9.17) is 4.74 Å². The fraction of sp³-hybridized carbons (Fsp3) is 0.647. The van der Waals surface area contributed by atoms with Gasteiger partial charge in [-0.25, -0.2) is 0 Å². The number of hydrogen-bond donors (Lipinski definition) is 1. The van der Waals surface area contributed by atoms with Gasteiger partial charge in [-0.05, 0) is 55.7 Å². The maximum atomic E-state index is 9.99. The highest BCUT2D eigenvalue weighted by Crippen LogP contribution is 2.28. The molecule has 2 nitrogen and oxygen atoms in total. The van der Waals surface area contributed by atoms with Crippen LogP contribution in [-0.4, -0.2) is 17.8 Å². The second kappa shape index (κ2) is 7.54. The predicted octanol–water partition coefficient (Wildman–Crippen LogP) is 3.96. The number of aliphatic hydroxyl groups excluding tert-OH is 1. The average molecular weight is 262 g/mol. The Labute approximate surface area is 116 Å². The van der Waals surface area contributed by atoms with Crippen LogP contribution in [0.25, 0.3) is 0 Å². The molecule has 2 atom stereocenters. The second-order valence-electron chi connectivity index (χ2n) is 5.65. The average Bonchev–Trinajstić information content (AvgIpc) is 2.45. The van der Waals surface area contributed by atoms with Gasteiger partial charge in [0.25, 0.3) is 0 Å². The molecule has 0 saturated heterocycles. The molecule has 0 amide bonds. The highest BCUT2D eigenvalue weighted by molar-refractivity contribution is 5.28. The number of rotatable bonds is 6. The first-order valence-corrected chi connectivity index (χ1v) is 7.69. The molecule has 1 fully saturated rings. The quantitative estimate of drug-likeness (QED) is 0.841. The SMILES string of the molecule is CCCOc1cccc(CCC2CCCCC2O)c1. The minimum absolute atomic E-state index is 0.0757. The summed E-state index contributed by atoms with van der Waals surface area (Å²) in [6.07, 6.45) is 7.76. The van der Waals surface area contributed by atoms with Crippen molar-refractivity contribution in [1.29, 1.82) is 0 Å². The van der Waals surface area contributed by atoms with Gasteiger partial charge in [0.15, 0.2) is 0 Å². The fourth-order valence-electron chi connectivity index (χ4n) is 2.89. The topological polar surface area (TPSA) is 29.5 Å². The minimum Gasteiger partial charge on any atom is -0.494 e. The van der Waals surface area contributed by atoms with E-state index in [1.807, 2.05) is 6.07 Å². The van der Waals surface area contributed by atoms with E-state index in [-0.39, 0.29) is 6.10 Å². The predicted molar refractivity (Wildman–Crippen MR) is 78.5 cm³/mol. The Bertz CT molecular complexity index is 375. The number of hydrogen-bond acceptors (Lipinski definition) is 2. The summed E-state index contributed by atoms with van der Waals surface area (Å²) >= 11 is 0. The molecule has 0 heterocycles. The zero-order valence-corrected chi connectivity index (χ0v) is 12.0. The molecule has 0 bridgehead atoms. The van der Waals surface area contributed by atoms with Gasteiger partial charge in [-0.2, -0.15) is 0 Å². The Balaban J connectivity index is 1.84. The van der Waals surface area contributed by atoms with Crippen LogP contribution in [0.2, 0.25) is 0 Å². The summed E-state index contributed by atoms with van der Waals surface area (Å²) in [5.41, 5.74) is 1.33. The number of aliphatic hydroxyl groups is 1. The van der Waals surface area contributed by atoms with E-state index in [1.54, 1.807) is 0 Å². The summed E-state index contributed by atoms with van der Waals surface area (Å²) in [6, 6.07) is 8.39. The van der Waals surface area contributed by atoms with Crippen molar-refractivity contribution < 1.29 is 9.84 Å². The summed E-state index contributed by atoms with van der Waals surface area (Å²) in [5.74, 6) is 1.47. The highest BCUT2D eigenvalue weighted by Gasteiger charge is 2.22. The molecule has 1 aliphatic carbocycles. The Hall–Kier alpha value is -1.02. The van der Waals surface area contributed by atoms with Crippen LogP contribution in [0.15, 0.2) is 24.3 Å². The first kappa shape index (κ1) is 14.4. The van der Waals surface area contributed by atoms with Crippen molar-refractivity contribution in [2.45, 2.75) is 58.0 Å². The molecule has 0 spiro atoms. The number of ether oxygens (including phenoxy) is 1. The van der Waals surface area contributed by atoms with E-state index in [0.29, 0.717) is 5.92 Å². The highest BCUT2D eigenvalue weighted by atomic mass is 16.5. The molecule has 106 valence electrons. The van der Waals surface area contributed by atoms with Gasteiger partial charge >= 0.3 is 0 Å². The molecule has 1 aromatic rings. The molecule has 0 aromatic heterocycles. The van der Waals surface area contributed by atoms with Crippen LogP contribution in [-0.2, 0) is 6.42 Å². The van der Waals surface area contributed by atoms with E-state index in [1.165, 1.54) is 24.8 Å². The van der Waals surface area contributed by atoms with Crippen LogP contribution in [0.1, 0.15) is 51.0 Å². The molecule has 2 rings (SSSR count). The molecular formula is C17H26O2. The molecule has 2 unspecified atom stereocenters. The van der Waals surface area contributed by atoms with E-state index >= 15 is 0 Å². The van der Waals surface area contributed by atoms with Crippen molar-refractivity contribution in [3.8, 4) is 5.75 Å². The molecule has 2 heteroatoms. The lowest BCUT2D eigenvalue weighted by Gasteiger charge is -2.27. The summed E-state index contributed by atoms with van der Waals surface area (Å²) < 4.78 is 5.66. The van der Waals surface area contributed by atoms with E-state index in [9.17, 15) is 5.11 Å². The minimum atomic E-state index is -0.0757. The zero-order chi connectivity index (χ0) is 13.5. The van der Waals surface area contributed by atoms with E-state index in [0.717, 1.165) is 38.0 Å². The molecular weight excluding hydrogens is 236 g/mol. The Morgan fingerprint density at radius 2 is 2.11 bits per heavy atom. The third-order valence-electron chi connectivity index (χ3n) is 4.04. The monoisotopic (exact) mass is 262 g/mol. The first-order valence-electron chi connectivity index (χ1n) is 7.69. The molecule has 1 aliphatic rings. The van der Waals surface area contributed by atoms with Crippen LogP contribution < -0.4 is 4.74 Å². The fourth-order valence-corrected chi connectivity index (χ4v) is 2.89. The van der Waals surface area contributed by atoms with Crippen LogP contribution in [0, 0.1) is 5.92 Å². The molecule has 0 aliphatic heterocycles. The van der Waals surface area contributed by atoms with Gasteiger partial charge in [-0.1, -0.05) is 31.9 Å². The van der Waals surface area contributed by atoms with Gasteiger partial charge in [-0.15, -0.1) is 0 Å². The standard InChI is InChI=1S/C17H26O2/c1-2-12-19-16-8-5-6-14(13-16)10-11-15-7-3-4-9-17(15)18/h5-6,8,13,15,17-18H,2-4,7,9-12H2,1H3. The molecule has 1 saturated carbocycles. The van der Waals surface area contributed by atoms with Gasteiger partial charge in [0, 0.05) is 0 Å². The van der Waals surface area contributed by atoms with E-state index < -0.39 is 0 Å². The number of aryl methyl sites for hydroxylation is 1. The Morgan fingerprint density at radius 3 is 2.89 bits per heavy atom. The second-order valence-corrected chi connectivity index (χ2v) is 5.65. The number of benzene rings is 1. The Morgan fingerprint density at radius 1 is 1.26 bits per heavy atom. The lowest BCUT2D eigenvalue weighted by Crippen LogP contribution is -2.24. The third-order valence-corrected chi connectivity index (χ3v) is 4.04. The van der Waals surface area contributed by atoms with Gasteiger partial charge < -0.3 is 9.84 Å². The van der Waals surface area contributed by atoms with Crippen LogP contribution >= 0.6 is 0 Å². The van der Waals surface area contributed by atoms with Crippen molar-refractivity contribution in [3.05, 3.63) is 29.8 Å². The summed E-state index contributed by atoms with van der Waals surface area (Å²) in [6.45, 7) is 2.90. The molecule has 1 aromatic carbocycles. The van der Waals surface area contributed by atoms with Crippen molar-refractivity contribution >= 4 is 0 Å². The van der Waals surface area contributed by atoms with Crippen LogP contribution in [0.4, 0.5) is 0 Å². The lowest BCUT2D eigenvalue weighted by atomic mass is 9.83. The van der Waals surface area contributed by atoms with Crippen LogP contribution in [0.5, 0.6) is 5.75 Å². The molecule has 0 radical (unpaired) electrons. The maximum absolute atomic E-state index is 9.99. The summed E-state index contributed by atoms with van der Waals surface area (Å²) in [7, 11) is 0. The van der Waals surface area contributed by atoms with Crippen molar-refractivity contribution in [2.75, 3.05) is 6.61 Å². The van der Waals surface area contributed by atoms with Crippen molar-refractivity contribution in [1.82, 2.24) is 0 Å². The van der Waals surface area contributed by atoms with E-state index in [2.05, 4.69) is 25.1 Å². The van der Waals surface area contributed by atoms with Gasteiger partial charge in [0.2, 0.25) is 0 Å². The molecule has 1 N–H and O–H groups in total. The largest absolute Gasteiger partial charge is 0.494 e. The zero-order valence-electron chi connectivity index (χ0n) is 12.0. The summed E-state index contributed by atoms with van der Waals surface area (Å²) in [5, 5.41) is 9.99. The van der Waals surface area contributed by atoms with Gasteiger partial charge in [0.1, 0.15) is 5.75 Å². The van der Waals surface area contributed by atoms with Gasteiger partial charge in [-0.3, -0.25) is 0 Å². The summed E-state index contributed by atoms with van der Waals surface area (Å²) in [4.78, 5) is 0. The maximum Gasteiger partial charge on any atom is 0.119 e. The third kappa shape index (κ3) is 4.54. The lowest BCUT2D eigenvalue weighted by molar-refractivity contribution is 0.0655. The van der Waals surface area contributed by atoms with Crippen molar-refractivity contribution in [2.24, 2.45) is 5.92 Å². The van der Waals surface area contributed by atoms with Gasteiger partial charge in [0.05, 0.1) is 12.7 Å². The normalized spacial score (nSPS) is 23.3. The first-order chi connectivity index (χ1) is 9.29. The van der Waals surface area contributed by atoms with Crippen molar-refractivity contribution in [3.63, 3.8) is 0 Å². The smallest absolute Gasteiger partial charge is 0.119 e. The molecule has 19 heavy (non-hydrogen) atoms. The Kier molecular flexibility index (Phi) is 5.71. The van der Waals surface area contributed by atoms with Crippen LogP contribution in [0.3, 0.4) is 0 Å².